The molecule has 0 aromatic heterocycles. The number of benzene rings is 1. The van der Waals surface area contributed by atoms with Crippen LogP contribution >= 0.6 is 0 Å². The van der Waals surface area contributed by atoms with Crippen molar-refractivity contribution in [1.82, 2.24) is 0 Å². The third-order valence-electron chi connectivity index (χ3n) is 8.49. The number of phenolic OH excluding ortho intramolecular Hbond substituents is 3. The molecule has 0 bridgehead atoms. The quantitative estimate of drug-likeness (QED) is 0.0915. The van der Waals surface area contributed by atoms with Gasteiger partial charge < -0.3 is 69.6 Å². The molecule has 9 N–H and O–H groups in total. The normalized spacial score (nSPS) is 36.5. The maximum atomic E-state index is 12.4. The monoisotopic (exact) mass is 630 g/mol. The number of rotatable bonds is 9. The molecule has 2 saturated heterocycles. The van der Waals surface area contributed by atoms with Crippen LogP contribution in [0, 0.1) is 5.92 Å². The molecule has 248 valence electrons. The molecular weight excluding hydrogens is 588 g/mol. The van der Waals surface area contributed by atoms with Crippen molar-refractivity contribution in [3.05, 3.63) is 29.3 Å². The lowest BCUT2D eigenvalue weighted by Gasteiger charge is -2.46. The van der Waals surface area contributed by atoms with Crippen LogP contribution in [0.4, 0.5) is 0 Å². The van der Waals surface area contributed by atoms with Crippen LogP contribution in [0.15, 0.2) is 23.8 Å². The zero-order chi connectivity index (χ0) is 32.5. The van der Waals surface area contributed by atoms with Gasteiger partial charge in [0, 0.05) is 0 Å². The second-order valence-electron chi connectivity index (χ2n) is 12.1. The fourth-order valence-corrected chi connectivity index (χ4v) is 5.49. The predicted octanol–water partition coefficient (Wildman–Crippen LogP) is -0.866. The molecule has 2 fully saturated rings. The fraction of sp³-hybridized carbons (Fsp3) is 0.690. The van der Waals surface area contributed by atoms with Crippen LogP contribution in [0.1, 0.15) is 50.4 Å². The van der Waals surface area contributed by atoms with Gasteiger partial charge in [-0.1, -0.05) is 11.6 Å². The van der Waals surface area contributed by atoms with E-state index < -0.39 is 103 Å². The SMILES string of the molecule is CC1=CCC(C(C)(C)O[C@@H]2O[C@H](CO[C@@H]3O[C@H](COC(=O)c4cc(O)c(O)c(O)c4)[C@@H](O)[C@H](O)[C@H]3O)[C@@H](O)[C@H](O)[C@H]2O)CC1. The molecule has 44 heavy (non-hydrogen) atoms. The van der Waals surface area contributed by atoms with E-state index in [1.54, 1.807) is 0 Å². The first-order chi connectivity index (χ1) is 20.6. The second-order valence-corrected chi connectivity index (χ2v) is 12.1. The van der Waals surface area contributed by atoms with Gasteiger partial charge >= 0.3 is 5.97 Å². The Morgan fingerprint density at radius 3 is 1.95 bits per heavy atom. The number of allylic oxidation sites excluding steroid dienone is 2. The Morgan fingerprint density at radius 2 is 1.39 bits per heavy atom. The van der Waals surface area contributed by atoms with Gasteiger partial charge in [-0.3, -0.25) is 0 Å². The third-order valence-corrected chi connectivity index (χ3v) is 8.49. The Balaban J connectivity index is 1.37. The van der Waals surface area contributed by atoms with E-state index in [9.17, 15) is 50.8 Å². The minimum atomic E-state index is -1.81. The molecule has 0 radical (unpaired) electrons. The van der Waals surface area contributed by atoms with Gasteiger partial charge in [-0.15, -0.1) is 0 Å². The first-order valence-corrected chi connectivity index (χ1v) is 14.4. The number of aromatic hydroxyl groups is 3. The van der Waals surface area contributed by atoms with Crippen LogP contribution in [0.2, 0.25) is 0 Å². The molecule has 1 aromatic carbocycles. The lowest BCUT2D eigenvalue weighted by molar-refractivity contribution is -0.345. The summed E-state index contributed by atoms with van der Waals surface area (Å²) < 4.78 is 28.0. The third kappa shape index (κ3) is 7.45. The molecule has 2 heterocycles. The Morgan fingerprint density at radius 1 is 0.841 bits per heavy atom. The van der Waals surface area contributed by atoms with Crippen LogP contribution < -0.4 is 0 Å². The number of hydrogen-bond donors (Lipinski definition) is 9. The highest BCUT2D eigenvalue weighted by Crippen LogP contribution is 2.38. The van der Waals surface area contributed by atoms with Gasteiger partial charge in [-0.25, -0.2) is 4.79 Å². The molecule has 0 saturated carbocycles. The number of carbonyl (C=O) groups is 1. The summed E-state index contributed by atoms with van der Waals surface area (Å²) >= 11 is 0. The van der Waals surface area contributed by atoms with Crippen LogP contribution in [-0.4, -0.2) is 132 Å². The maximum Gasteiger partial charge on any atom is 0.338 e. The van der Waals surface area contributed by atoms with Crippen LogP contribution in [0.5, 0.6) is 17.2 Å². The van der Waals surface area contributed by atoms with Crippen molar-refractivity contribution >= 4 is 5.97 Å². The number of phenols is 3. The first-order valence-electron chi connectivity index (χ1n) is 14.4. The highest BCUT2D eigenvalue weighted by Gasteiger charge is 2.49. The highest BCUT2D eigenvalue weighted by molar-refractivity contribution is 5.91. The Labute approximate surface area is 253 Å². The first kappa shape index (κ1) is 34.3. The Bertz CT molecular complexity index is 1160. The summed E-state index contributed by atoms with van der Waals surface area (Å²) in [6.45, 7) is 4.58. The minimum absolute atomic E-state index is 0.107. The summed E-state index contributed by atoms with van der Waals surface area (Å²) in [5.74, 6) is -3.36. The molecule has 4 rings (SSSR count). The second kappa shape index (κ2) is 13.8. The number of ether oxygens (including phenoxy) is 5. The van der Waals surface area contributed by atoms with Gasteiger partial charge in [0.1, 0.15) is 55.4 Å². The Kier molecular flexibility index (Phi) is 10.8. The largest absolute Gasteiger partial charge is 0.504 e. The van der Waals surface area contributed by atoms with E-state index >= 15 is 0 Å². The average Bonchev–Trinajstić information content (AvgIpc) is 2.98. The summed E-state index contributed by atoms with van der Waals surface area (Å²) in [4.78, 5) is 12.4. The van der Waals surface area contributed by atoms with Crippen molar-refractivity contribution in [3.63, 3.8) is 0 Å². The van der Waals surface area contributed by atoms with E-state index in [1.807, 2.05) is 13.8 Å². The standard InChI is InChI=1S/C29H42O15/c1-12-4-6-14(7-5-12)29(2,3)44-28-25(38)23(36)21(34)18(43-28)11-41-27-24(37)22(35)20(33)17(42-27)10-40-26(39)13-8-15(30)19(32)16(31)9-13/h4,8-9,14,17-18,20-25,27-28,30-38H,5-7,10-11H2,1-3H3/t14?,17-,18-,20-,21-,22+,23+,24-,25-,27-,28+/m1/s1. The zero-order valence-electron chi connectivity index (χ0n) is 24.6. The van der Waals surface area contributed by atoms with Gasteiger partial charge in [0.25, 0.3) is 0 Å². The number of hydrogen-bond acceptors (Lipinski definition) is 15. The van der Waals surface area contributed by atoms with Gasteiger partial charge in [0.05, 0.1) is 17.8 Å². The van der Waals surface area contributed by atoms with E-state index in [1.165, 1.54) is 5.57 Å². The molecule has 3 aliphatic rings. The fourth-order valence-electron chi connectivity index (χ4n) is 5.49. The summed E-state index contributed by atoms with van der Waals surface area (Å²) in [6.07, 6.45) is -11.2. The summed E-state index contributed by atoms with van der Waals surface area (Å²) in [5, 5.41) is 91.6. The molecule has 2 aliphatic heterocycles. The van der Waals surface area contributed by atoms with E-state index in [-0.39, 0.29) is 11.5 Å². The number of esters is 1. The maximum absolute atomic E-state index is 12.4. The van der Waals surface area contributed by atoms with Crippen molar-refractivity contribution in [1.29, 1.82) is 0 Å². The minimum Gasteiger partial charge on any atom is -0.504 e. The van der Waals surface area contributed by atoms with Gasteiger partial charge in [0.2, 0.25) is 0 Å². The van der Waals surface area contributed by atoms with Crippen LogP contribution in [0.3, 0.4) is 0 Å². The molecule has 1 aliphatic carbocycles. The molecule has 15 nitrogen and oxygen atoms in total. The van der Waals surface area contributed by atoms with Crippen molar-refractivity contribution in [3.8, 4) is 17.2 Å². The molecule has 1 aromatic rings. The molecule has 1 unspecified atom stereocenters. The lowest BCUT2D eigenvalue weighted by atomic mass is 9.79. The van der Waals surface area contributed by atoms with E-state index in [0.717, 1.165) is 31.4 Å². The predicted molar refractivity (Wildman–Crippen MR) is 147 cm³/mol. The van der Waals surface area contributed by atoms with Crippen LogP contribution in [-0.2, 0) is 23.7 Å². The number of aliphatic hydroxyl groups excluding tert-OH is 6. The van der Waals surface area contributed by atoms with E-state index in [4.69, 9.17) is 23.7 Å². The molecular formula is C29H42O15. The van der Waals surface area contributed by atoms with E-state index in [2.05, 4.69) is 13.0 Å². The topological polar surface area (TPSA) is 245 Å². The molecule has 0 spiro atoms. The Hall–Kier alpha value is -2.57. The summed E-state index contributed by atoms with van der Waals surface area (Å²) in [7, 11) is 0. The van der Waals surface area contributed by atoms with Gasteiger partial charge in [0.15, 0.2) is 29.8 Å². The van der Waals surface area contributed by atoms with Crippen LogP contribution in [0.25, 0.3) is 0 Å². The zero-order valence-corrected chi connectivity index (χ0v) is 24.6. The summed E-state index contributed by atoms with van der Waals surface area (Å²) in [5.41, 5.74) is 0.182. The smallest absolute Gasteiger partial charge is 0.338 e. The molecule has 15 heteroatoms. The van der Waals surface area contributed by atoms with E-state index in [0.29, 0.717) is 0 Å². The average molecular weight is 631 g/mol. The molecule has 0 amide bonds. The number of carbonyl (C=O) groups excluding carboxylic acids is 1. The van der Waals surface area contributed by atoms with Crippen molar-refractivity contribution in [2.24, 2.45) is 5.92 Å². The molecule has 11 atom stereocenters. The van der Waals surface area contributed by atoms with Gasteiger partial charge in [-0.05, 0) is 58.1 Å². The highest BCUT2D eigenvalue weighted by atomic mass is 16.7. The van der Waals surface area contributed by atoms with Crippen molar-refractivity contribution in [2.75, 3.05) is 13.2 Å². The van der Waals surface area contributed by atoms with Crippen molar-refractivity contribution in [2.45, 2.75) is 107 Å². The lowest BCUT2D eigenvalue weighted by Crippen LogP contribution is -2.62. The van der Waals surface area contributed by atoms with Crippen molar-refractivity contribution < 1.29 is 74.4 Å². The van der Waals surface area contributed by atoms with Gasteiger partial charge in [-0.2, -0.15) is 0 Å². The number of aliphatic hydroxyl groups is 6. The summed E-state index contributed by atoms with van der Waals surface area (Å²) in [6, 6.07) is 1.68.